The lowest BCUT2D eigenvalue weighted by atomic mass is 10.1. The first-order chi connectivity index (χ1) is 12.3. The molecule has 0 amide bonds. The lowest BCUT2D eigenvalue weighted by Gasteiger charge is -2.03. The minimum Gasteiger partial charge on any atom is -0.461 e. The summed E-state index contributed by atoms with van der Waals surface area (Å²) in [5.74, 6) is -0.142. The van der Waals surface area contributed by atoms with Crippen LogP contribution in [0.5, 0.6) is 0 Å². The van der Waals surface area contributed by atoms with Crippen LogP contribution in [-0.2, 0) is 16.1 Å². The van der Waals surface area contributed by atoms with Crippen molar-refractivity contribution >= 4 is 5.97 Å². The molecule has 1 aromatic rings. The van der Waals surface area contributed by atoms with Gasteiger partial charge in [0, 0.05) is 24.4 Å². The van der Waals surface area contributed by atoms with Crippen molar-refractivity contribution in [2.24, 2.45) is 0 Å². The van der Waals surface area contributed by atoms with Crippen LogP contribution in [0.2, 0.25) is 0 Å². The number of allylic oxidation sites excluding steroid dienone is 2. The number of aromatic nitrogens is 1. The minimum absolute atomic E-state index is 0.142. The molecule has 1 aromatic heterocycles. The van der Waals surface area contributed by atoms with Crippen LogP contribution in [0, 0.1) is 0 Å². The largest absolute Gasteiger partial charge is 0.461 e. The molecule has 25 heavy (non-hydrogen) atoms. The summed E-state index contributed by atoms with van der Waals surface area (Å²) in [7, 11) is 0. The quantitative estimate of drug-likeness (QED) is 0.210. The van der Waals surface area contributed by atoms with E-state index in [0.717, 1.165) is 18.4 Å². The molecule has 0 unspecified atom stereocenters. The molecule has 0 fully saturated rings. The van der Waals surface area contributed by atoms with Gasteiger partial charge in [-0.25, -0.2) is 0 Å². The Morgan fingerprint density at radius 3 is 2.36 bits per heavy atom. The van der Waals surface area contributed by atoms with E-state index in [4.69, 9.17) is 4.74 Å². The Labute approximate surface area is 153 Å². The zero-order valence-corrected chi connectivity index (χ0v) is 15.9. The number of pyridine rings is 1. The van der Waals surface area contributed by atoms with Crippen molar-refractivity contribution < 1.29 is 9.53 Å². The summed E-state index contributed by atoms with van der Waals surface area (Å²) in [6.07, 6.45) is 22.4. The maximum atomic E-state index is 11.6. The summed E-state index contributed by atoms with van der Waals surface area (Å²) in [6.45, 7) is 2.58. The van der Waals surface area contributed by atoms with Gasteiger partial charge in [-0.2, -0.15) is 0 Å². The summed E-state index contributed by atoms with van der Waals surface area (Å²) in [4.78, 5) is 15.6. The average Bonchev–Trinajstić information content (AvgIpc) is 2.64. The van der Waals surface area contributed by atoms with Crippen molar-refractivity contribution in [3.63, 3.8) is 0 Å². The van der Waals surface area contributed by atoms with Gasteiger partial charge in [-0.05, 0) is 25.3 Å². The molecule has 3 heteroatoms. The summed E-state index contributed by atoms with van der Waals surface area (Å²) in [6, 6.07) is 3.75. The van der Waals surface area contributed by atoms with E-state index >= 15 is 0 Å². The Morgan fingerprint density at radius 1 is 1.00 bits per heavy atom. The van der Waals surface area contributed by atoms with E-state index in [9.17, 15) is 4.79 Å². The van der Waals surface area contributed by atoms with Crippen LogP contribution in [-0.4, -0.2) is 11.0 Å². The van der Waals surface area contributed by atoms with E-state index in [0.29, 0.717) is 13.0 Å². The van der Waals surface area contributed by atoms with Crippen molar-refractivity contribution in [2.45, 2.75) is 90.6 Å². The molecule has 0 saturated heterocycles. The number of rotatable bonds is 15. The molecule has 3 nitrogen and oxygen atoms in total. The molecule has 0 atom stereocenters. The monoisotopic (exact) mass is 345 g/mol. The third-order valence-corrected chi connectivity index (χ3v) is 4.28. The van der Waals surface area contributed by atoms with E-state index in [1.165, 1.54) is 57.8 Å². The smallest absolute Gasteiger partial charge is 0.306 e. The highest BCUT2D eigenvalue weighted by Crippen LogP contribution is 2.11. The molecule has 0 aliphatic carbocycles. The molecule has 0 aromatic carbocycles. The lowest BCUT2D eigenvalue weighted by Crippen LogP contribution is -2.03. The second kappa shape index (κ2) is 15.9. The first-order valence-corrected chi connectivity index (χ1v) is 10.0. The predicted octanol–water partition coefficient (Wildman–Crippen LogP) is 6.38. The third kappa shape index (κ3) is 13.3. The second-order valence-electron chi connectivity index (χ2n) is 6.65. The van der Waals surface area contributed by atoms with Crippen molar-refractivity contribution in [2.75, 3.05) is 0 Å². The summed E-state index contributed by atoms with van der Waals surface area (Å²) < 4.78 is 5.22. The predicted molar refractivity (Wildman–Crippen MR) is 104 cm³/mol. The van der Waals surface area contributed by atoms with E-state index < -0.39 is 0 Å². The minimum atomic E-state index is -0.142. The number of hydrogen-bond donors (Lipinski definition) is 0. The maximum absolute atomic E-state index is 11.6. The van der Waals surface area contributed by atoms with Gasteiger partial charge < -0.3 is 4.74 Å². The number of esters is 1. The molecule has 0 aliphatic heterocycles. The highest BCUT2D eigenvalue weighted by Gasteiger charge is 2.01. The molecule has 0 N–H and O–H groups in total. The number of carbonyl (C=O) groups excluding carboxylic acids is 1. The number of carbonyl (C=O) groups is 1. The van der Waals surface area contributed by atoms with Gasteiger partial charge in [-0.1, -0.05) is 76.5 Å². The fraction of sp³-hybridized carbons (Fsp3) is 0.636. The van der Waals surface area contributed by atoms with Gasteiger partial charge in [-0.15, -0.1) is 0 Å². The molecule has 0 bridgehead atoms. The third-order valence-electron chi connectivity index (χ3n) is 4.28. The molecule has 0 saturated carbocycles. The first kappa shape index (κ1) is 21.4. The Kier molecular flexibility index (Phi) is 13.6. The normalized spacial score (nSPS) is 11.1. The summed E-state index contributed by atoms with van der Waals surface area (Å²) in [5, 5.41) is 0. The highest BCUT2D eigenvalue weighted by molar-refractivity contribution is 5.69. The Bertz CT molecular complexity index is 456. The summed E-state index contributed by atoms with van der Waals surface area (Å²) in [5.41, 5.74) is 0.928. The van der Waals surface area contributed by atoms with E-state index in [1.54, 1.807) is 12.4 Å². The molecule has 1 rings (SSSR count). The van der Waals surface area contributed by atoms with Crippen molar-refractivity contribution in [1.29, 1.82) is 0 Å². The van der Waals surface area contributed by atoms with Crippen LogP contribution in [0.4, 0.5) is 0 Å². The fourth-order valence-corrected chi connectivity index (χ4v) is 2.73. The Balaban J connectivity index is 1.87. The number of unbranched alkanes of at least 4 members (excludes halogenated alkanes) is 9. The molecular formula is C22H35NO2. The fourth-order valence-electron chi connectivity index (χ4n) is 2.73. The first-order valence-electron chi connectivity index (χ1n) is 10.0. The van der Waals surface area contributed by atoms with Crippen LogP contribution in [0.15, 0.2) is 36.7 Å². The Hall–Kier alpha value is -1.64. The van der Waals surface area contributed by atoms with Gasteiger partial charge in [0.2, 0.25) is 0 Å². The van der Waals surface area contributed by atoms with E-state index in [-0.39, 0.29) is 5.97 Å². The van der Waals surface area contributed by atoms with Gasteiger partial charge in [0.1, 0.15) is 6.61 Å². The standard InChI is InChI=1S/C22H35NO2/c1-2-3-4-5-6-7-8-9-10-11-12-13-14-17-22(24)25-20-21-16-15-18-23-19-21/h12-13,15-16,18-19H,2-11,14,17,20H2,1H3/b13-12-. The molecular weight excluding hydrogens is 310 g/mol. The van der Waals surface area contributed by atoms with Gasteiger partial charge in [0.15, 0.2) is 0 Å². The van der Waals surface area contributed by atoms with Crippen molar-refractivity contribution in [1.82, 2.24) is 4.98 Å². The number of hydrogen-bond acceptors (Lipinski definition) is 3. The van der Waals surface area contributed by atoms with Gasteiger partial charge >= 0.3 is 5.97 Å². The zero-order chi connectivity index (χ0) is 18.0. The number of nitrogens with zero attached hydrogens (tertiary/aromatic N) is 1. The molecule has 1 heterocycles. The zero-order valence-electron chi connectivity index (χ0n) is 15.9. The molecule has 0 aliphatic rings. The highest BCUT2D eigenvalue weighted by atomic mass is 16.5. The average molecular weight is 346 g/mol. The van der Waals surface area contributed by atoms with Crippen molar-refractivity contribution in [3.05, 3.63) is 42.2 Å². The van der Waals surface area contributed by atoms with E-state index in [2.05, 4.69) is 24.1 Å². The second-order valence-corrected chi connectivity index (χ2v) is 6.65. The maximum Gasteiger partial charge on any atom is 0.306 e. The van der Waals surface area contributed by atoms with Crippen LogP contribution < -0.4 is 0 Å². The molecule has 140 valence electrons. The lowest BCUT2D eigenvalue weighted by molar-refractivity contribution is -0.144. The SMILES string of the molecule is CCCCCCCCCCC/C=C\CCC(=O)OCc1cccnc1. The van der Waals surface area contributed by atoms with Crippen molar-refractivity contribution in [3.8, 4) is 0 Å². The van der Waals surface area contributed by atoms with Crippen LogP contribution in [0.3, 0.4) is 0 Å². The van der Waals surface area contributed by atoms with Crippen LogP contribution >= 0.6 is 0 Å². The molecule has 0 spiro atoms. The molecule has 0 radical (unpaired) electrons. The van der Waals surface area contributed by atoms with Crippen LogP contribution in [0.1, 0.15) is 89.5 Å². The van der Waals surface area contributed by atoms with Gasteiger partial charge in [0.05, 0.1) is 0 Å². The van der Waals surface area contributed by atoms with Gasteiger partial charge in [-0.3, -0.25) is 9.78 Å². The topological polar surface area (TPSA) is 39.2 Å². The summed E-state index contributed by atoms with van der Waals surface area (Å²) >= 11 is 0. The Morgan fingerprint density at radius 2 is 1.68 bits per heavy atom. The van der Waals surface area contributed by atoms with Crippen LogP contribution in [0.25, 0.3) is 0 Å². The van der Waals surface area contributed by atoms with E-state index in [1.807, 2.05) is 12.1 Å². The number of ether oxygens (including phenoxy) is 1. The van der Waals surface area contributed by atoms with Gasteiger partial charge in [0.25, 0.3) is 0 Å².